The Kier molecular flexibility index (Phi) is 6.68. The average molecular weight is 439 g/mol. The predicted molar refractivity (Wildman–Crippen MR) is 121 cm³/mol. The van der Waals surface area contributed by atoms with Crippen molar-refractivity contribution in [3.05, 3.63) is 48.8 Å². The summed E-state index contributed by atoms with van der Waals surface area (Å²) < 4.78 is 14.5. The van der Waals surface area contributed by atoms with Gasteiger partial charge in [0.25, 0.3) is 0 Å². The Balaban J connectivity index is 1.58. The standard InChI is InChI=1S/C24H30N4O4/c1-27-13-12-22(26-27)25-24(30)19(14-17-8-4-3-5-9-17)28-16-18(15-23(28)29)32-21-11-7-6-10-20(21)31-2/h6-7,10-13,15-17,19,29H,3-5,8-9,14H2,1-2H3,(H,25,26,30)/t19-/m0/s1. The molecule has 1 amide bonds. The van der Waals surface area contributed by atoms with E-state index in [1.807, 2.05) is 12.1 Å². The monoisotopic (exact) mass is 438 g/mol. The lowest BCUT2D eigenvalue weighted by atomic mass is 9.84. The highest BCUT2D eigenvalue weighted by Crippen LogP contribution is 2.37. The highest BCUT2D eigenvalue weighted by atomic mass is 16.5. The number of nitrogens with zero attached hydrogens (tertiary/aromatic N) is 3. The summed E-state index contributed by atoms with van der Waals surface area (Å²) >= 11 is 0. The smallest absolute Gasteiger partial charge is 0.248 e. The van der Waals surface area contributed by atoms with Gasteiger partial charge in [0.05, 0.1) is 13.3 Å². The molecule has 1 fully saturated rings. The number of aromatic hydroxyl groups is 1. The summed E-state index contributed by atoms with van der Waals surface area (Å²) in [6.45, 7) is 0. The fraction of sp³-hybridized carbons (Fsp3) is 0.417. The number of carbonyl (C=O) groups is 1. The molecule has 8 heteroatoms. The van der Waals surface area contributed by atoms with Crippen LogP contribution in [0.15, 0.2) is 48.8 Å². The summed E-state index contributed by atoms with van der Waals surface area (Å²) in [5.74, 6) is 2.26. The van der Waals surface area contributed by atoms with Gasteiger partial charge in [0, 0.05) is 25.4 Å². The van der Waals surface area contributed by atoms with E-state index in [0.717, 1.165) is 12.8 Å². The molecule has 0 unspecified atom stereocenters. The molecule has 0 saturated heterocycles. The van der Waals surface area contributed by atoms with Crippen molar-refractivity contribution in [2.24, 2.45) is 13.0 Å². The van der Waals surface area contributed by atoms with Crippen molar-refractivity contribution < 1.29 is 19.4 Å². The van der Waals surface area contributed by atoms with Crippen LogP contribution in [-0.2, 0) is 11.8 Å². The molecule has 3 aromatic rings. The number of ether oxygens (including phenoxy) is 2. The van der Waals surface area contributed by atoms with E-state index in [4.69, 9.17) is 9.47 Å². The van der Waals surface area contributed by atoms with Crippen molar-refractivity contribution in [2.45, 2.75) is 44.6 Å². The second kappa shape index (κ2) is 9.80. The highest BCUT2D eigenvalue weighted by Gasteiger charge is 2.28. The van der Waals surface area contributed by atoms with Crippen molar-refractivity contribution in [3.8, 4) is 23.1 Å². The molecule has 1 aliphatic rings. The maximum atomic E-state index is 13.3. The number of hydrogen-bond donors (Lipinski definition) is 2. The van der Waals surface area contributed by atoms with Crippen LogP contribution in [0.5, 0.6) is 23.1 Å². The minimum absolute atomic E-state index is 0.0214. The lowest BCUT2D eigenvalue weighted by Crippen LogP contribution is -2.28. The van der Waals surface area contributed by atoms with Crippen LogP contribution in [0.4, 0.5) is 5.82 Å². The number of anilines is 1. The number of amides is 1. The second-order valence-corrected chi connectivity index (χ2v) is 8.31. The number of para-hydroxylation sites is 2. The topological polar surface area (TPSA) is 90.5 Å². The molecule has 0 spiro atoms. The Morgan fingerprint density at radius 1 is 1.22 bits per heavy atom. The van der Waals surface area contributed by atoms with E-state index in [1.54, 1.807) is 54.0 Å². The quantitative estimate of drug-likeness (QED) is 0.523. The summed E-state index contributed by atoms with van der Waals surface area (Å²) in [6.07, 6.45) is 9.89. The minimum Gasteiger partial charge on any atom is -0.494 e. The van der Waals surface area contributed by atoms with Gasteiger partial charge >= 0.3 is 0 Å². The summed E-state index contributed by atoms with van der Waals surface area (Å²) in [5.41, 5.74) is 0. The second-order valence-electron chi connectivity index (χ2n) is 8.31. The van der Waals surface area contributed by atoms with Crippen molar-refractivity contribution in [1.82, 2.24) is 14.3 Å². The Hall–Kier alpha value is -3.42. The van der Waals surface area contributed by atoms with Crippen LogP contribution < -0.4 is 14.8 Å². The van der Waals surface area contributed by atoms with Gasteiger partial charge in [0.2, 0.25) is 5.91 Å². The Morgan fingerprint density at radius 2 is 1.97 bits per heavy atom. The van der Waals surface area contributed by atoms with E-state index in [2.05, 4.69) is 10.4 Å². The molecule has 32 heavy (non-hydrogen) atoms. The van der Waals surface area contributed by atoms with Crippen LogP contribution in [0.2, 0.25) is 0 Å². The zero-order valence-corrected chi connectivity index (χ0v) is 18.5. The van der Waals surface area contributed by atoms with Crippen LogP contribution in [0.25, 0.3) is 0 Å². The molecule has 1 saturated carbocycles. The van der Waals surface area contributed by atoms with Crippen LogP contribution in [0.1, 0.15) is 44.6 Å². The molecule has 1 aromatic carbocycles. The molecular weight excluding hydrogens is 408 g/mol. The summed E-state index contributed by atoms with van der Waals surface area (Å²) in [5, 5.41) is 17.8. The van der Waals surface area contributed by atoms with Crippen molar-refractivity contribution in [1.29, 1.82) is 0 Å². The van der Waals surface area contributed by atoms with Crippen molar-refractivity contribution in [2.75, 3.05) is 12.4 Å². The molecule has 1 aliphatic carbocycles. The van der Waals surface area contributed by atoms with Gasteiger partial charge < -0.3 is 24.5 Å². The van der Waals surface area contributed by atoms with E-state index in [-0.39, 0.29) is 11.8 Å². The molecule has 0 aliphatic heterocycles. The van der Waals surface area contributed by atoms with Gasteiger partial charge in [0.1, 0.15) is 11.8 Å². The SMILES string of the molecule is COc1ccccc1Oc1cc(O)n([C@@H](CC2CCCCC2)C(=O)Nc2ccn(C)n2)c1. The summed E-state index contributed by atoms with van der Waals surface area (Å²) in [6, 6.07) is 10.0. The lowest BCUT2D eigenvalue weighted by molar-refractivity contribution is -0.120. The molecule has 2 N–H and O–H groups in total. The molecule has 1 atom stereocenters. The van der Waals surface area contributed by atoms with E-state index in [9.17, 15) is 9.90 Å². The van der Waals surface area contributed by atoms with E-state index < -0.39 is 6.04 Å². The zero-order chi connectivity index (χ0) is 22.5. The maximum Gasteiger partial charge on any atom is 0.248 e. The molecule has 8 nitrogen and oxygen atoms in total. The largest absolute Gasteiger partial charge is 0.494 e. The normalized spacial score (nSPS) is 15.3. The third kappa shape index (κ3) is 5.07. The zero-order valence-electron chi connectivity index (χ0n) is 18.5. The highest BCUT2D eigenvalue weighted by molar-refractivity contribution is 5.93. The third-order valence-corrected chi connectivity index (χ3v) is 5.98. The molecule has 4 rings (SSSR count). The maximum absolute atomic E-state index is 13.3. The molecule has 170 valence electrons. The number of methoxy groups -OCH3 is 1. The first-order valence-electron chi connectivity index (χ1n) is 11.1. The Bertz CT molecular complexity index is 1050. The number of aromatic nitrogens is 3. The van der Waals surface area contributed by atoms with Gasteiger partial charge in [-0.05, 0) is 24.5 Å². The van der Waals surface area contributed by atoms with Crippen LogP contribution >= 0.6 is 0 Å². The first-order valence-corrected chi connectivity index (χ1v) is 11.1. The molecule has 0 bridgehead atoms. The fourth-order valence-electron chi connectivity index (χ4n) is 4.35. The molecule has 2 aromatic heterocycles. The van der Waals surface area contributed by atoms with Crippen LogP contribution in [-0.4, -0.2) is 32.5 Å². The van der Waals surface area contributed by atoms with Gasteiger partial charge in [-0.1, -0.05) is 44.2 Å². The van der Waals surface area contributed by atoms with Crippen LogP contribution in [0.3, 0.4) is 0 Å². The number of carbonyl (C=O) groups excluding carboxylic acids is 1. The van der Waals surface area contributed by atoms with Crippen molar-refractivity contribution in [3.63, 3.8) is 0 Å². The Labute approximate surface area is 187 Å². The number of benzene rings is 1. The van der Waals surface area contributed by atoms with Crippen LogP contribution in [0, 0.1) is 5.92 Å². The number of hydrogen-bond acceptors (Lipinski definition) is 5. The number of rotatable bonds is 8. The number of aryl methyl sites for hydroxylation is 1. The predicted octanol–water partition coefficient (Wildman–Crippen LogP) is 4.88. The molecular formula is C24H30N4O4. The first-order chi connectivity index (χ1) is 15.5. The summed E-state index contributed by atoms with van der Waals surface area (Å²) in [4.78, 5) is 13.3. The fourth-order valence-corrected chi connectivity index (χ4v) is 4.35. The van der Waals surface area contributed by atoms with E-state index >= 15 is 0 Å². The number of nitrogens with one attached hydrogen (secondary N) is 1. The molecule has 0 radical (unpaired) electrons. The van der Waals surface area contributed by atoms with E-state index in [1.165, 1.54) is 25.3 Å². The Morgan fingerprint density at radius 3 is 2.66 bits per heavy atom. The van der Waals surface area contributed by atoms with E-state index in [0.29, 0.717) is 35.4 Å². The van der Waals surface area contributed by atoms with Gasteiger partial charge in [-0.3, -0.25) is 9.48 Å². The summed E-state index contributed by atoms with van der Waals surface area (Å²) in [7, 11) is 3.38. The average Bonchev–Trinajstić information content (AvgIpc) is 3.37. The van der Waals surface area contributed by atoms with Crippen molar-refractivity contribution >= 4 is 11.7 Å². The van der Waals surface area contributed by atoms with Gasteiger partial charge in [-0.25, -0.2) is 0 Å². The van der Waals surface area contributed by atoms with Gasteiger partial charge in [-0.2, -0.15) is 5.10 Å². The van der Waals surface area contributed by atoms with Gasteiger partial charge in [0.15, 0.2) is 23.2 Å². The minimum atomic E-state index is -0.574. The van der Waals surface area contributed by atoms with Gasteiger partial charge in [-0.15, -0.1) is 0 Å². The third-order valence-electron chi connectivity index (χ3n) is 5.98. The molecule has 2 heterocycles. The lowest BCUT2D eigenvalue weighted by Gasteiger charge is -2.27. The first kappa shape index (κ1) is 21.8.